The van der Waals surface area contributed by atoms with Crippen LogP contribution < -0.4 is 0 Å². The molecule has 0 spiro atoms. The number of rotatable bonds is 9. The van der Waals surface area contributed by atoms with Crippen LogP contribution in [0.1, 0.15) is 87.0 Å². The van der Waals surface area contributed by atoms with Gasteiger partial charge in [-0.2, -0.15) is 0 Å². The van der Waals surface area contributed by atoms with Crippen LogP contribution in [0.5, 0.6) is 0 Å². The van der Waals surface area contributed by atoms with Crippen LogP contribution in [0.2, 0.25) is 0 Å². The van der Waals surface area contributed by atoms with Crippen LogP contribution in [0.3, 0.4) is 0 Å². The van der Waals surface area contributed by atoms with Gasteiger partial charge in [-0.15, -0.1) is 0 Å². The van der Waals surface area contributed by atoms with E-state index >= 15 is 0 Å². The zero-order valence-electron chi connectivity index (χ0n) is 19.0. The van der Waals surface area contributed by atoms with Gasteiger partial charge in [0.25, 0.3) is 0 Å². The summed E-state index contributed by atoms with van der Waals surface area (Å²) < 4.78 is 0.379. The summed E-state index contributed by atoms with van der Waals surface area (Å²) in [5.74, 6) is 0. The van der Waals surface area contributed by atoms with E-state index in [0.29, 0.717) is 0 Å². The summed E-state index contributed by atoms with van der Waals surface area (Å²) in [5, 5.41) is 0. The first kappa shape index (κ1) is 23.5. The second-order valence-corrected chi connectivity index (χ2v) is 12.7. The fourth-order valence-electron chi connectivity index (χ4n) is 5.78. The number of benzene rings is 2. The van der Waals surface area contributed by atoms with Crippen molar-refractivity contribution < 1.29 is 0 Å². The average Bonchev–Trinajstić information content (AvgIpc) is 3.43. The van der Waals surface area contributed by atoms with Crippen molar-refractivity contribution in [2.75, 3.05) is 13.1 Å². The van der Waals surface area contributed by atoms with E-state index < -0.39 is 0 Å². The van der Waals surface area contributed by atoms with Crippen molar-refractivity contribution in [3.05, 3.63) is 70.8 Å². The summed E-state index contributed by atoms with van der Waals surface area (Å²) in [5.41, 5.74) is 6.22. The molecule has 0 atom stereocenters. The fourth-order valence-corrected chi connectivity index (χ4v) is 7.64. The van der Waals surface area contributed by atoms with Crippen LogP contribution in [0.15, 0.2) is 48.5 Å². The normalized spacial score (nSPS) is 19.9. The Morgan fingerprint density at radius 3 is 1.84 bits per heavy atom. The molecule has 0 saturated heterocycles. The van der Waals surface area contributed by atoms with Gasteiger partial charge in [0, 0.05) is 6.54 Å². The summed E-state index contributed by atoms with van der Waals surface area (Å²) in [4.78, 5) is 2.59. The van der Waals surface area contributed by atoms with Gasteiger partial charge in [-0.25, -0.2) is 0 Å². The van der Waals surface area contributed by atoms with E-state index in [1.54, 1.807) is 16.7 Å². The van der Waals surface area contributed by atoms with Gasteiger partial charge in [-0.3, -0.25) is 4.90 Å². The Balaban J connectivity index is 1.54. The topological polar surface area (TPSA) is 3.24 Å². The van der Waals surface area contributed by atoms with Gasteiger partial charge < -0.3 is 0 Å². The molecule has 2 aromatic carbocycles. The van der Waals surface area contributed by atoms with E-state index in [9.17, 15) is 0 Å². The van der Waals surface area contributed by atoms with Crippen LogP contribution in [0, 0.1) is 0 Å². The predicted octanol–water partition coefficient (Wildman–Crippen LogP) is 8.47. The molecule has 0 aliphatic heterocycles. The predicted molar refractivity (Wildman–Crippen MR) is 140 cm³/mol. The third kappa shape index (κ3) is 5.47. The molecule has 1 nitrogen and oxygen atoms in total. The van der Waals surface area contributed by atoms with Crippen LogP contribution >= 0.6 is 31.9 Å². The largest absolute Gasteiger partial charge is 0.299 e. The first-order chi connectivity index (χ1) is 15.0. The molecule has 2 saturated carbocycles. The Morgan fingerprint density at radius 1 is 0.774 bits per heavy atom. The van der Waals surface area contributed by atoms with Crippen molar-refractivity contribution in [2.24, 2.45) is 0 Å². The molecule has 0 amide bonds. The van der Waals surface area contributed by atoms with Crippen molar-refractivity contribution in [3.63, 3.8) is 0 Å². The highest BCUT2D eigenvalue weighted by molar-refractivity contribution is 9.10. The van der Waals surface area contributed by atoms with Crippen molar-refractivity contribution in [1.82, 2.24) is 4.90 Å². The van der Waals surface area contributed by atoms with Gasteiger partial charge in [0.2, 0.25) is 0 Å². The molecule has 0 bridgehead atoms. The van der Waals surface area contributed by atoms with Gasteiger partial charge in [-0.05, 0) is 73.9 Å². The maximum absolute atomic E-state index is 4.22. The number of alkyl halides is 2. The second-order valence-electron chi connectivity index (χ2n) is 9.63. The molecule has 0 N–H and O–H groups in total. The molecule has 2 fully saturated rings. The van der Waals surface area contributed by atoms with Gasteiger partial charge >= 0.3 is 0 Å². The summed E-state index contributed by atoms with van der Waals surface area (Å²) in [6.07, 6.45) is 12.9. The highest BCUT2D eigenvalue weighted by Crippen LogP contribution is 2.52. The van der Waals surface area contributed by atoms with E-state index in [-0.39, 0.29) is 8.65 Å². The smallest absolute Gasteiger partial charge is 0.0508 e. The minimum Gasteiger partial charge on any atom is -0.299 e. The van der Waals surface area contributed by atoms with Crippen LogP contribution in [-0.4, -0.2) is 18.0 Å². The third-order valence-electron chi connectivity index (χ3n) is 7.53. The van der Waals surface area contributed by atoms with Crippen molar-refractivity contribution in [2.45, 2.75) is 86.3 Å². The van der Waals surface area contributed by atoms with Crippen LogP contribution in [0.4, 0.5) is 0 Å². The molecule has 0 radical (unpaired) electrons. The van der Waals surface area contributed by atoms with Gasteiger partial charge in [0.05, 0.1) is 8.65 Å². The van der Waals surface area contributed by atoms with Crippen LogP contribution in [-0.2, 0) is 21.6 Å². The van der Waals surface area contributed by atoms with Crippen molar-refractivity contribution >= 4 is 31.9 Å². The quantitative estimate of drug-likeness (QED) is 0.285. The highest BCUT2D eigenvalue weighted by atomic mass is 79.9. The Hall–Kier alpha value is -0.640. The van der Waals surface area contributed by atoms with E-state index in [4.69, 9.17) is 0 Å². The monoisotopic (exact) mass is 545 g/mol. The molecular formula is C28H37Br2N. The molecule has 0 unspecified atom stereocenters. The highest BCUT2D eigenvalue weighted by Gasteiger charge is 2.39. The number of halogens is 2. The molecule has 0 aromatic heterocycles. The molecule has 168 valence electrons. The van der Waals surface area contributed by atoms with Gasteiger partial charge in [0.1, 0.15) is 0 Å². The SMILES string of the molecule is CCN(CCCc1c(C2(Br)CCCC2)cccc1C1(Br)CCCC1)Cc1ccccc1. The molecule has 2 aliphatic carbocycles. The van der Waals surface area contributed by atoms with E-state index in [0.717, 1.165) is 19.6 Å². The molecule has 31 heavy (non-hydrogen) atoms. The maximum Gasteiger partial charge on any atom is 0.0508 e. The Bertz CT molecular complexity index is 795. The van der Waals surface area contributed by atoms with Crippen molar-refractivity contribution in [3.8, 4) is 0 Å². The van der Waals surface area contributed by atoms with Crippen LogP contribution in [0.25, 0.3) is 0 Å². The first-order valence-corrected chi connectivity index (χ1v) is 13.9. The second kappa shape index (κ2) is 10.5. The van der Waals surface area contributed by atoms with E-state index in [2.05, 4.69) is 92.2 Å². The summed E-state index contributed by atoms with van der Waals surface area (Å²) >= 11 is 8.44. The lowest BCUT2D eigenvalue weighted by atomic mass is 9.83. The Kier molecular flexibility index (Phi) is 7.99. The summed E-state index contributed by atoms with van der Waals surface area (Å²) in [6.45, 7) is 5.61. The number of hydrogen-bond donors (Lipinski definition) is 0. The fraction of sp³-hybridized carbons (Fsp3) is 0.571. The minimum absolute atomic E-state index is 0.189. The van der Waals surface area contributed by atoms with Gasteiger partial charge in [0.15, 0.2) is 0 Å². The summed E-state index contributed by atoms with van der Waals surface area (Å²) in [7, 11) is 0. The standard InChI is InChI=1S/C28H37Br2N/c1-2-31(22-23-12-4-3-5-13-23)21-11-14-24-25(27(29)17-6-7-18-27)15-10-16-26(24)28(30)19-8-9-20-28/h3-5,10,12-13,15-16H,2,6-9,11,14,17-22H2,1H3. The summed E-state index contributed by atoms with van der Waals surface area (Å²) in [6, 6.07) is 18.1. The van der Waals surface area contributed by atoms with Crippen molar-refractivity contribution in [1.29, 1.82) is 0 Å². The average molecular weight is 547 g/mol. The zero-order chi connectivity index (χ0) is 21.7. The molecular weight excluding hydrogens is 510 g/mol. The first-order valence-electron chi connectivity index (χ1n) is 12.3. The lowest BCUT2D eigenvalue weighted by Gasteiger charge is -2.32. The Morgan fingerprint density at radius 2 is 1.32 bits per heavy atom. The zero-order valence-corrected chi connectivity index (χ0v) is 22.2. The molecule has 2 aromatic rings. The molecule has 0 heterocycles. The molecule has 3 heteroatoms. The molecule has 4 rings (SSSR count). The molecule has 2 aliphatic rings. The maximum atomic E-state index is 4.22. The van der Waals surface area contributed by atoms with Gasteiger partial charge in [-0.1, -0.05) is 113 Å². The third-order valence-corrected chi connectivity index (χ3v) is 9.97. The lowest BCUT2D eigenvalue weighted by molar-refractivity contribution is 0.276. The minimum atomic E-state index is 0.189. The lowest BCUT2D eigenvalue weighted by Crippen LogP contribution is -2.26. The number of nitrogens with zero attached hydrogens (tertiary/aromatic N) is 1. The Labute approximate surface area is 206 Å². The van der Waals surface area contributed by atoms with E-state index in [1.807, 2.05) is 0 Å². The van der Waals surface area contributed by atoms with E-state index in [1.165, 1.54) is 69.8 Å². The number of hydrogen-bond acceptors (Lipinski definition) is 1.